The third kappa shape index (κ3) is 2.86. The Kier molecular flexibility index (Phi) is 4.06. The van der Waals surface area contributed by atoms with E-state index in [9.17, 15) is 4.79 Å². The number of hydrogen-bond donors (Lipinski definition) is 1. The molecule has 0 aliphatic carbocycles. The van der Waals surface area contributed by atoms with Crippen molar-refractivity contribution >= 4 is 40.1 Å². The summed E-state index contributed by atoms with van der Waals surface area (Å²) < 4.78 is 1.89. The number of piperazine rings is 1. The van der Waals surface area contributed by atoms with Gasteiger partial charge < -0.3 is 14.8 Å². The Morgan fingerprint density at radius 1 is 1.29 bits per heavy atom. The van der Waals surface area contributed by atoms with Crippen molar-refractivity contribution in [2.75, 3.05) is 26.2 Å². The lowest BCUT2D eigenvalue weighted by Gasteiger charge is -2.27. The van der Waals surface area contributed by atoms with E-state index in [1.165, 1.54) is 0 Å². The van der Waals surface area contributed by atoms with E-state index in [4.69, 9.17) is 23.2 Å². The topological polar surface area (TPSA) is 50.2 Å². The molecule has 1 aromatic carbocycles. The second-order valence-corrected chi connectivity index (χ2v) is 5.95. The van der Waals surface area contributed by atoms with Gasteiger partial charge in [0, 0.05) is 26.2 Å². The van der Waals surface area contributed by atoms with Gasteiger partial charge in [0.15, 0.2) is 0 Å². The Hall–Kier alpha value is -1.30. The van der Waals surface area contributed by atoms with Crippen LogP contribution in [-0.2, 0) is 11.3 Å². The number of carbonyl (C=O) groups is 1. The van der Waals surface area contributed by atoms with Crippen LogP contribution < -0.4 is 5.32 Å². The molecule has 1 aliphatic rings. The number of nitrogens with one attached hydrogen (secondary N) is 1. The summed E-state index contributed by atoms with van der Waals surface area (Å²) >= 11 is 12.1. The van der Waals surface area contributed by atoms with Crippen molar-refractivity contribution in [2.24, 2.45) is 0 Å². The Bertz CT molecular complexity index is 692. The van der Waals surface area contributed by atoms with Gasteiger partial charge in [0.05, 0.1) is 21.1 Å². The number of carbonyl (C=O) groups excluding carboxylic acids is 1. The molecule has 1 aliphatic heterocycles. The standard InChI is InChI=1S/C14H16Cl2N4O/c1-9-18-12-6-10(15)11(16)7-13(12)20(9)8-14(21)19-4-2-17-3-5-19/h6-7,17H,2-5,8H2,1H3. The van der Waals surface area contributed by atoms with Crippen molar-refractivity contribution in [3.05, 3.63) is 28.0 Å². The normalized spacial score (nSPS) is 15.7. The third-order valence-corrected chi connectivity index (χ3v) is 4.47. The van der Waals surface area contributed by atoms with Crippen molar-refractivity contribution in [3.63, 3.8) is 0 Å². The molecule has 0 radical (unpaired) electrons. The second-order valence-electron chi connectivity index (χ2n) is 5.13. The van der Waals surface area contributed by atoms with Crippen LogP contribution in [0.3, 0.4) is 0 Å². The van der Waals surface area contributed by atoms with Crippen LogP contribution in [0.15, 0.2) is 12.1 Å². The molecule has 2 aromatic rings. The van der Waals surface area contributed by atoms with E-state index in [1.54, 1.807) is 12.1 Å². The summed E-state index contributed by atoms with van der Waals surface area (Å²) in [4.78, 5) is 18.7. The molecule has 2 heterocycles. The van der Waals surface area contributed by atoms with Crippen LogP contribution in [0.5, 0.6) is 0 Å². The van der Waals surface area contributed by atoms with Crippen molar-refractivity contribution < 1.29 is 4.79 Å². The van der Waals surface area contributed by atoms with E-state index in [0.29, 0.717) is 10.0 Å². The van der Waals surface area contributed by atoms with Crippen molar-refractivity contribution in [2.45, 2.75) is 13.5 Å². The lowest BCUT2D eigenvalue weighted by atomic mass is 10.3. The van der Waals surface area contributed by atoms with Crippen LogP contribution in [0, 0.1) is 6.92 Å². The minimum absolute atomic E-state index is 0.102. The molecule has 3 rings (SSSR count). The number of amides is 1. The summed E-state index contributed by atoms with van der Waals surface area (Å²) in [5, 5.41) is 4.18. The number of halogens is 2. The zero-order valence-corrected chi connectivity index (χ0v) is 13.2. The fraction of sp³-hybridized carbons (Fsp3) is 0.429. The Labute approximate surface area is 132 Å². The highest BCUT2D eigenvalue weighted by Gasteiger charge is 2.19. The van der Waals surface area contributed by atoms with Gasteiger partial charge in [-0.1, -0.05) is 23.2 Å². The Morgan fingerprint density at radius 3 is 2.67 bits per heavy atom. The molecular formula is C14H16Cl2N4O. The number of nitrogens with zero attached hydrogens (tertiary/aromatic N) is 3. The smallest absolute Gasteiger partial charge is 0.242 e. The van der Waals surface area contributed by atoms with E-state index in [-0.39, 0.29) is 12.5 Å². The molecule has 1 fully saturated rings. The zero-order chi connectivity index (χ0) is 15.0. The highest BCUT2D eigenvalue weighted by Crippen LogP contribution is 2.28. The molecule has 5 nitrogen and oxygen atoms in total. The van der Waals surface area contributed by atoms with Gasteiger partial charge in [-0.3, -0.25) is 4.79 Å². The van der Waals surface area contributed by atoms with E-state index in [0.717, 1.165) is 43.0 Å². The Balaban J connectivity index is 1.91. The van der Waals surface area contributed by atoms with Gasteiger partial charge in [-0.05, 0) is 19.1 Å². The molecule has 0 bridgehead atoms. The van der Waals surface area contributed by atoms with E-state index in [1.807, 2.05) is 16.4 Å². The predicted molar refractivity (Wildman–Crippen MR) is 83.9 cm³/mol. The average molecular weight is 327 g/mol. The Morgan fingerprint density at radius 2 is 1.95 bits per heavy atom. The summed E-state index contributed by atoms with van der Waals surface area (Å²) in [6, 6.07) is 3.50. The molecule has 7 heteroatoms. The molecule has 0 atom stereocenters. The molecule has 1 amide bonds. The summed E-state index contributed by atoms with van der Waals surface area (Å²) in [5.41, 5.74) is 1.60. The third-order valence-electron chi connectivity index (χ3n) is 3.74. The lowest BCUT2D eigenvalue weighted by molar-refractivity contribution is -0.132. The van der Waals surface area contributed by atoms with Crippen molar-refractivity contribution in [3.8, 4) is 0 Å². The van der Waals surface area contributed by atoms with Gasteiger partial charge >= 0.3 is 0 Å². The summed E-state index contributed by atoms with van der Waals surface area (Å²) in [6.07, 6.45) is 0. The van der Waals surface area contributed by atoms with Crippen LogP contribution in [0.2, 0.25) is 10.0 Å². The van der Waals surface area contributed by atoms with Crippen molar-refractivity contribution in [1.29, 1.82) is 0 Å². The number of aryl methyl sites for hydroxylation is 1. The monoisotopic (exact) mass is 326 g/mol. The largest absolute Gasteiger partial charge is 0.339 e. The van der Waals surface area contributed by atoms with Crippen LogP contribution in [0.25, 0.3) is 11.0 Å². The first-order chi connectivity index (χ1) is 10.1. The van der Waals surface area contributed by atoms with E-state index < -0.39 is 0 Å². The van der Waals surface area contributed by atoms with Gasteiger partial charge in [-0.2, -0.15) is 0 Å². The number of imidazole rings is 1. The maximum Gasteiger partial charge on any atom is 0.242 e. The van der Waals surface area contributed by atoms with Gasteiger partial charge in [0.2, 0.25) is 5.91 Å². The molecule has 1 aromatic heterocycles. The molecule has 1 saturated heterocycles. The SMILES string of the molecule is Cc1nc2cc(Cl)c(Cl)cc2n1CC(=O)N1CCNCC1. The van der Waals surface area contributed by atoms with Crippen LogP contribution in [0.4, 0.5) is 0 Å². The zero-order valence-electron chi connectivity index (χ0n) is 11.7. The van der Waals surface area contributed by atoms with Gasteiger partial charge in [-0.15, -0.1) is 0 Å². The fourth-order valence-electron chi connectivity index (χ4n) is 2.59. The first-order valence-corrected chi connectivity index (χ1v) is 7.62. The number of benzene rings is 1. The quantitative estimate of drug-likeness (QED) is 0.919. The number of fused-ring (bicyclic) bond motifs is 1. The molecule has 21 heavy (non-hydrogen) atoms. The highest BCUT2D eigenvalue weighted by atomic mass is 35.5. The molecule has 0 spiro atoms. The molecule has 1 N–H and O–H groups in total. The molecule has 0 unspecified atom stereocenters. The summed E-state index contributed by atoms with van der Waals surface area (Å²) in [6.45, 7) is 5.34. The minimum Gasteiger partial charge on any atom is -0.339 e. The lowest BCUT2D eigenvalue weighted by Crippen LogP contribution is -2.47. The summed E-state index contributed by atoms with van der Waals surface area (Å²) in [7, 11) is 0. The minimum atomic E-state index is 0.102. The fourth-order valence-corrected chi connectivity index (χ4v) is 2.91. The van der Waals surface area contributed by atoms with E-state index in [2.05, 4.69) is 10.3 Å². The predicted octanol–water partition coefficient (Wildman–Crippen LogP) is 2.08. The molecule has 112 valence electrons. The molecular weight excluding hydrogens is 311 g/mol. The first-order valence-electron chi connectivity index (χ1n) is 6.86. The second kappa shape index (κ2) is 5.83. The van der Waals surface area contributed by atoms with Gasteiger partial charge in [0.25, 0.3) is 0 Å². The average Bonchev–Trinajstić information content (AvgIpc) is 2.76. The summed E-state index contributed by atoms with van der Waals surface area (Å²) in [5.74, 6) is 0.886. The van der Waals surface area contributed by atoms with E-state index >= 15 is 0 Å². The van der Waals surface area contributed by atoms with Crippen LogP contribution in [-0.4, -0.2) is 46.5 Å². The first kappa shape index (κ1) is 14.6. The highest BCUT2D eigenvalue weighted by molar-refractivity contribution is 6.42. The maximum atomic E-state index is 12.4. The van der Waals surface area contributed by atoms with Crippen molar-refractivity contribution in [1.82, 2.24) is 19.8 Å². The van der Waals surface area contributed by atoms with Crippen LogP contribution in [0.1, 0.15) is 5.82 Å². The van der Waals surface area contributed by atoms with Gasteiger partial charge in [-0.25, -0.2) is 4.98 Å². The van der Waals surface area contributed by atoms with Crippen LogP contribution >= 0.6 is 23.2 Å². The maximum absolute atomic E-state index is 12.4. The number of rotatable bonds is 2. The molecule has 0 saturated carbocycles. The van der Waals surface area contributed by atoms with Gasteiger partial charge in [0.1, 0.15) is 12.4 Å². The number of aromatic nitrogens is 2. The number of hydrogen-bond acceptors (Lipinski definition) is 3.